The van der Waals surface area contributed by atoms with Gasteiger partial charge in [0.15, 0.2) is 0 Å². The summed E-state index contributed by atoms with van der Waals surface area (Å²) in [4.78, 5) is 27.9. The number of aryl methyl sites for hydroxylation is 2. The number of nitrogens with one attached hydrogen (secondary N) is 1. The van der Waals surface area contributed by atoms with Gasteiger partial charge in [-0.1, -0.05) is 59.7 Å². The van der Waals surface area contributed by atoms with Gasteiger partial charge in [0.1, 0.15) is 18.3 Å². The van der Waals surface area contributed by atoms with Crippen molar-refractivity contribution < 1.29 is 22.7 Å². The smallest absolute Gasteiger partial charge is 0.264 e. The number of likely N-dealkylation sites (N-methyl/N-ethyl adjacent to an activating group) is 1. The molecule has 1 atom stereocenters. The van der Waals surface area contributed by atoms with Gasteiger partial charge in [-0.05, 0) is 57.5 Å². The summed E-state index contributed by atoms with van der Waals surface area (Å²) in [6.07, 6.45) is 0. The molecule has 0 saturated carbocycles. The maximum absolute atomic E-state index is 13.9. The van der Waals surface area contributed by atoms with Crippen LogP contribution in [0.5, 0.6) is 5.75 Å². The largest absolute Gasteiger partial charge is 0.492 e. The van der Waals surface area contributed by atoms with Crippen molar-refractivity contribution in [3.8, 4) is 5.75 Å². The molecule has 2 amide bonds. The maximum Gasteiger partial charge on any atom is 0.264 e. The molecule has 3 aromatic rings. The number of carbonyl (C=O) groups is 2. The Morgan fingerprint density at radius 1 is 0.921 bits per heavy atom. The number of benzene rings is 3. The lowest BCUT2D eigenvalue weighted by Crippen LogP contribution is -2.50. The lowest BCUT2D eigenvalue weighted by molar-refractivity contribution is -0.139. The van der Waals surface area contributed by atoms with E-state index >= 15 is 0 Å². The van der Waals surface area contributed by atoms with Gasteiger partial charge in [-0.3, -0.25) is 13.9 Å². The van der Waals surface area contributed by atoms with E-state index in [-0.39, 0.29) is 23.0 Å². The highest BCUT2D eigenvalue weighted by Gasteiger charge is 2.33. The minimum atomic E-state index is -4.16. The molecule has 0 aliphatic rings. The number of anilines is 1. The fourth-order valence-electron chi connectivity index (χ4n) is 3.97. The summed E-state index contributed by atoms with van der Waals surface area (Å²) < 4.78 is 34.7. The van der Waals surface area contributed by atoms with Crippen LogP contribution in [0.15, 0.2) is 77.7 Å². The molecule has 0 aliphatic carbocycles. The van der Waals surface area contributed by atoms with Gasteiger partial charge in [-0.2, -0.15) is 0 Å². The summed E-state index contributed by atoms with van der Waals surface area (Å²) in [5, 5.41) is 2.58. The zero-order valence-electron chi connectivity index (χ0n) is 22.5. The maximum atomic E-state index is 13.9. The van der Waals surface area contributed by atoms with Gasteiger partial charge in [-0.15, -0.1) is 0 Å². The predicted octanol–water partition coefficient (Wildman–Crippen LogP) is 4.06. The van der Waals surface area contributed by atoms with Crippen LogP contribution in [0.4, 0.5) is 5.69 Å². The van der Waals surface area contributed by atoms with Crippen LogP contribution < -0.4 is 14.4 Å². The van der Waals surface area contributed by atoms with Crippen molar-refractivity contribution in [3.05, 3.63) is 89.5 Å². The van der Waals surface area contributed by atoms with Crippen LogP contribution in [0.25, 0.3) is 0 Å². The second kappa shape index (κ2) is 12.6. The van der Waals surface area contributed by atoms with Crippen molar-refractivity contribution in [1.82, 2.24) is 10.2 Å². The third-order valence-corrected chi connectivity index (χ3v) is 7.98. The van der Waals surface area contributed by atoms with Crippen molar-refractivity contribution >= 4 is 27.5 Å². The Hall–Kier alpha value is -3.85. The van der Waals surface area contributed by atoms with E-state index in [0.717, 1.165) is 21.0 Å². The third kappa shape index (κ3) is 6.72. The highest BCUT2D eigenvalue weighted by molar-refractivity contribution is 7.92. The fraction of sp³-hybridized carbons (Fsp3) is 0.310. The van der Waals surface area contributed by atoms with Gasteiger partial charge in [0.05, 0.1) is 17.2 Å². The lowest BCUT2D eigenvalue weighted by atomic mass is 10.1. The molecule has 0 bridgehead atoms. The highest BCUT2D eigenvalue weighted by Crippen LogP contribution is 2.33. The topological polar surface area (TPSA) is 96.0 Å². The Morgan fingerprint density at radius 2 is 1.50 bits per heavy atom. The summed E-state index contributed by atoms with van der Waals surface area (Å²) >= 11 is 0. The average Bonchev–Trinajstić information content (AvgIpc) is 2.91. The van der Waals surface area contributed by atoms with Gasteiger partial charge in [0.25, 0.3) is 10.0 Å². The number of ether oxygens (including phenoxy) is 1. The highest BCUT2D eigenvalue weighted by atomic mass is 32.2. The summed E-state index contributed by atoms with van der Waals surface area (Å²) in [7, 11) is -2.67. The molecule has 0 spiro atoms. The van der Waals surface area contributed by atoms with Gasteiger partial charge < -0.3 is 15.0 Å². The first kappa shape index (κ1) is 28.7. The number of hydrogen-bond donors (Lipinski definition) is 1. The van der Waals surface area contributed by atoms with Crippen LogP contribution in [0.1, 0.15) is 30.5 Å². The molecule has 1 unspecified atom stereocenters. The van der Waals surface area contributed by atoms with Gasteiger partial charge in [-0.25, -0.2) is 8.42 Å². The van der Waals surface area contributed by atoms with Crippen LogP contribution in [-0.4, -0.2) is 51.4 Å². The Labute approximate surface area is 225 Å². The molecule has 3 aromatic carbocycles. The van der Waals surface area contributed by atoms with Gasteiger partial charge in [0.2, 0.25) is 11.8 Å². The predicted molar refractivity (Wildman–Crippen MR) is 149 cm³/mol. The zero-order valence-corrected chi connectivity index (χ0v) is 23.3. The molecule has 0 radical (unpaired) electrons. The van der Waals surface area contributed by atoms with Crippen LogP contribution in [0.3, 0.4) is 0 Å². The standard InChI is InChI=1S/C29H35N3O5S/c1-6-37-27-10-8-7-9-26(27)32(38(35,36)25-17-13-22(3)14-18-25)20-28(33)31(23(4)29(34)30-5)19-24-15-11-21(2)12-16-24/h7-18,23H,6,19-20H2,1-5H3,(H,30,34). The van der Waals surface area contributed by atoms with E-state index in [1.165, 1.54) is 24.1 Å². The summed E-state index contributed by atoms with van der Waals surface area (Å²) in [6.45, 7) is 7.19. The molecule has 0 heterocycles. The molecule has 8 nitrogen and oxygen atoms in total. The molecule has 0 fully saturated rings. The van der Waals surface area contributed by atoms with E-state index in [1.807, 2.05) is 38.1 Å². The van der Waals surface area contributed by atoms with E-state index in [2.05, 4.69) is 5.32 Å². The zero-order chi connectivity index (χ0) is 27.9. The van der Waals surface area contributed by atoms with Crippen LogP contribution in [-0.2, 0) is 26.2 Å². The van der Waals surface area contributed by atoms with Crippen molar-refractivity contribution in [1.29, 1.82) is 0 Å². The number of sulfonamides is 1. The molecule has 0 aromatic heterocycles. The quantitative estimate of drug-likeness (QED) is 0.398. The molecule has 0 aliphatic heterocycles. The fourth-order valence-corrected chi connectivity index (χ4v) is 5.40. The Kier molecular flexibility index (Phi) is 9.52. The minimum absolute atomic E-state index is 0.0478. The van der Waals surface area contributed by atoms with E-state index < -0.39 is 28.5 Å². The number of hydrogen-bond acceptors (Lipinski definition) is 5. The summed E-state index contributed by atoms with van der Waals surface area (Å²) in [5.41, 5.74) is 3.03. The van der Waals surface area contributed by atoms with Crippen LogP contribution >= 0.6 is 0 Å². The van der Waals surface area contributed by atoms with E-state index in [4.69, 9.17) is 4.74 Å². The molecule has 0 saturated heterocycles. The Morgan fingerprint density at radius 3 is 2.08 bits per heavy atom. The van der Waals surface area contributed by atoms with E-state index in [9.17, 15) is 18.0 Å². The molecule has 1 N–H and O–H groups in total. The third-order valence-electron chi connectivity index (χ3n) is 6.21. The normalized spacial score (nSPS) is 11.9. The van der Waals surface area contributed by atoms with Crippen LogP contribution in [0.2, 0.25) is 0 Å². The first-order valence-electron chi connectivity index (χ1n) is 12.5. The second-order valence-electron chi connectivity index (χ2n) is 9.02. The van der Waals surface area contributed by atoms with E-state index in [0.29, 0.717) is 12.4 Å². The molecule has 202 valence electrons. The molecule has 38 heavy (non-hydrogen) atoms. The first-order chi connectivity index (χ1) is 18.1. The second-order valence-corrected chi connectivity index (χ2v) is 10.9. The van der Waals surface area contributed by atoms with Crippen molar-refractivity contribution in [2.24, 2.45) is 0 Å². The first-order valence-corrected chi connectivity index (χ1v) is 13.9. The van der Waals surface area contributed by atoms with Gasteiger partial charge in [0, 0.05) is 13.6 Å². The van der Waals surface area contributed by atoms with Crippen molar-refractivity contribution in [2.75, 3.05) is 24.5 Å². The van der Waals surface area contributed by atoms with Crippen LogP contribution in [0, 0.1) is 13.8 Å². The van der Waals surface area contributed by atoms with Gasteiger partial charge >= 0.3 is 0 Å². The average molecular weight is 538 g/mol. The van der Waals surface area contributed by atoms with Crippen molar-refractivity contribution in [3.63, 3.8) is 0 Å². The van der Waals surface area contributed by atoms with Crippen molar-refractivity contribution in [2.45, 2.75) is 45.2 Å². The Bertz CT molecular complexity index is 1360. The Balaban J connectivity index is 2.08. The molecular formula is C29H35N3O5S. The number of para-hydroxylation sites is 2. The monoisotopic (exact) mass is 537 g/mol. The summed E-state index contributed by atoms with van der Waals surface area (Å²) in [6, 6.07) is 19.9. The molecule has 9 heteroatoms. The number of carbonyl (C=O) groups excluding carboxylic acids is 2. The number of rotatable bonds is 11. The SMILES string of the molecule is CCOc1ccccc1N(CC(=O)N(Cc1ccc(C)cc1)C(C)C(=O)NC)S(=O)(=O)c1ccc(C)cc1. The minimum Gasteiger partial charge on any atom is -0.492 e. The number of nitrogens with zero attached hydrogens (tertiary/aromatic N) is 2. The number of amides is 2. The molecular weight excluding hydrogens is 502 g/mol. The van der Waals surface area contributed by atoms with E-state index in [1.54, 1.807) is 50.2 Å². The lowest BCUT2D eigenvalue weighted by Gasteiger charge is -2.32. The summed E-state index contributed by atoms with van der Waals surface area (Å²) in [5.74, 6) is -0.542. The molecule has 3 rings (SSSR count).